The maximum atomic E-state index is 11.5. The van der Waals surface area contributed by atoms with Gasteiger partial charge in [0.1, 0.15) is 0 Å². The van der Waals surface area contributed by atoms with Crippen LogP contribution >= 0.6 is 0 Å². The van der Waals surface area contributed by atoms with E-state index >= 15 is 0 Å². The molecule has 5 heteroatoms. The summed E-state index contributed by atoms with van der Waals surface area (Å²) >= 11 is 0. The Labute approximate surface area is 140 Å². The molecule has 0 heterocycles. The summed E-state index contributed by atoms with van der Waals surface area (Å²) in [4.78, 5) is 21.6. The lowest BCUT2D eigenvalue weighted by atomic mass is 9.94. The van der Waals surface area contributed by atoms with Crippen LogP contribution in [0.4, 0.5) is 4.79 Å². The summed E-state index contributed by atoms with van der Waals surface area (Å²) in [6.07, 6.45) is -1.22. The minimum Gasteiger partial charge on any atom is -0.434 e. The van der Waals surface area contributed by atoms with Crippen LogP contribution in [0.3, 0.4) is 0 Å². The normalized spacial score (nSPS) is 13.5. The summed E-state index contributed by atoms with van der Waals surface area (Å²) in [7, 11) is 0. The van der Waals surface area contributed by atoms with E-state index in [1.165, 1.54) is 35.6 Å². The van der Waals surface area contributed by atoms with Crippen LogP contribution < -0.4 is 0 Å². The fourth-order valence-corrected chi connectivity index (χ4v) is 3.09. The Balaban J connectivity index is 1.64. The molecule has 0 amide bonds. The van der Waals surface area contributed by atoms with Gasteiger partial charge in [0.15, 0.2) is 0 Å². The van der Waals surface area contributed by atoms with Gasteiger partial charge >= 0.3 is 12.6 Å². The second kappa shape index (κ2) is 7.17. The predicted octanol–water partition coefficient (Wildman–Crippen LogP) is 3.77. The van der Waals surface area contributed by atoms with E-state index in [1.54, 1.807) is 0 Å². The molecule has 3 rings (SSSR count). The Kier molecular flexibility index (Phi) is 4.79. The van der Waals surface area contributed by atoms with Crippen LogP contribution in [0.1, 0.15) is 30.4 Å². The average molecular weight is 325 g/mol. The Bertz CT molecular complexity index is 695. The highest BCUT2D eigenvalue weighted by molar-refractivity contribution is 5.78. The molecule has 0 aromatic heterocycles. The third kappa shape index (κ3) is 3.25. The quantitative estimate of drug-likeness (QED) is 0.597. The molecule has 1 aliphatic carbocycles. The molecule has 1 unspecified atom stereocenters. The zero-order valence-corrected chi connectivity index (χ0v) is 13.2. The molecule has 5 nitrogen and oxygen atoms in total. The van der Waals surface area contributed by atoms with E-state index in [4.69, 9.17) is 9.47 Å². The SMILES string of the molecule is CC(O[C]=O)OC(=O)OCCC1c2ccccc2-c2ccccc21. The minimum absolute atomic E-state index is 0.183. The summed E-state index contributed by atoms with van der Waals surface area (Å²) in [6.45, 7) is 2.84. The highest BCUT2D eigenvalue weighted by Crippen LogP contribution is 2.45. The molecule has 0 N–H and O–H groups in total. The van der Waals surface area contributed by atoms with Crippen LogP contribution in [0.15, 0.2) is 48.5 Å². The third-order valence-corrected chi connectivity index (χ3v) is 4.07. The lowest BCUT2D eigenvalue weighted by molar-refractivity contribution is -0.0609. The maximum absolute atomic E-state index is 11.5. The first-order chi connectivity index (χ1) is 11.7. The number of hydrogen-bond donors (Lipinski definition) is 0. The number of hydrogen-bond acceptors (Lipinski definition) is 5. The first-order valence-corrected chi connectivity index (χ1v) is 7.75. The Morgan fingerprint density at radius 2 is 1.67 bits per heavy atom. The molecule has 1 radical (unpaired) electrons. The Hall–Kier alpha value is -2.82. The van der Waals surface area contributed by atoms with Gasteiger partial charge in [-0.05, 0) is 28.7 Å². The van der Waals surface area contributed by atoms with Gasteiger partial charge in [0.2, 0.25) is 6.29 Å². The van der Waals surface area contributed by atoms with Gasteiger partial charge in [-0.25, -0.2) is 9.59 Å². The number of fused-ring (bicyclic) bond motifs is 3. The zero-order chi connectivity index (χ0) is 16.9. The van der Waals surface area contributed by atoms with E-state index in [9.17, 15) is 9.59 Å². The second-order valence-electron chi connectivity index (χ2n) is 5.50. The number of rotatable bonds is 6. The smallest absolute Gasteiger partial charge is 0.434 e. The van der Waals surface area contributed by atoms with Crippen LogP contribution in [-0.4, -0.2) is 25.5 Å². The fourth-order valence-electron chi connectivity index (χ4n) is 3.09. The van der Waals surface area contributed by atoms with Crippen LogP contribution in [-0.2, 0) is 19.0 Å². The molecule has 0 saturated carbocycles. The molecule has 24 heavy (non-hydrogen) atoms. The molecule has 2 aromatic carbocycles. The van der Waals surface area contributed by atoms with Crippen molar-refractivity contribution in [2.24, 2.45) is 0 Å². The third-order valence-electron chi connectivity index (χ3n) is 4.07. The highest BCUT2D eigenvalue weighted by Gasteiger charge is 2.28. The van der Waals surface area contributed by atoms with Crippen molar-refractivity contribution in [3.8, 4) is 11.1 Å². The molecule has 0 spiro atoms. The predicted molar refractivity (Wildman–Crippen MR) is 87.0 cm³/mol. The number of ether oxygens (including phenoxy) is 3. The minimum atomic E-state index is -1.01. The molecule has 0 saturated heterocycles. The van der Waals surface area contributed by atoms with Crippen LogP contribution in [0.25, 0.3) is 11.1 Å². The van der Waals surface area contributed by atoms with E-state index in [0.29, 0.717) is 6.42 Å². The standard InChI is InChI=1S/C19H17O5/c1-13(23-12-20)24-19(21)22-11-10-18-16-8-4-2-6-14(16)15-7-3-5-9-17(15)18/h2-9,13,18H,10-11H2,1H3. The molecule has 123 valence electrons. The summed E-state index contributed by atoms with van der Waals surface area (Å²) in [5, 5.41) is 0. The molecular formula is C19H17O5. The van der Waals surface area contributed by atoms with Crippen molar-refractivity contribution in [3.05, 3.63) is 59.7 Å². The molecule has 2 aromatic rings. The molecular weight excluding hydrogens is 308 g/mol. The van der Waals surface area contributed by atoms with E-state index in [1.807, 2.05) is 24.3 Å². The van der Waals surface area contributed by atoms with Crippen LogP contribution in [0.5, 0.6) is 0 Å². The Morgan fingerprint density at radius 1 is 1.08 bits per heavy atom. The van der Waals surface area contributed by atoms with E-state index in [-0.39, 0.29) is 12.5 Å². The first kappa shape index (κ1) is 16.1. The summed E-state index contributed by atoms with van der Waals surface area (Å²) in [5.74, 6) is 0.183. The van der Waals surface area contributed by atoms with Crippen LogP contribution in [0, 0.1) is 0 Å². The van der Waals surface area contributed by atoms with Crippen molar-refractivity contribution in [2.45, 2.75) is 25.6 Å². The second-order valence-corrected chi connectivity index (χ2v) is 5.50. The monoisotopic (exact) mass is 325 g/mol. The highest BCUT2D eigenvalue weighted by atomic mass is 16.8. The Morgan fingerprint density at radius 3 is 2.25 bits per heavy atom. The van der Waals surface area contributed by atoms with Crippen molar-refractivity contribution in [3.63, 3.8) is 0 Å². The molecule has 0 fully saturated rings. The largest absolute Gasteiger partial charge is 0.511 e. The molecule has 1 aliphatic rings. The van der Waals surface area contributed by atoms with Gasteiger partial charge in [-0.3, -0.25) is 0 Å². The fraction of sp³-hybridized carbons (Fsp3) is 0.263. The summed E-state index contributed by atoms with van der Waals surface area (Å²) in [6, 6.07) is 16.5. The van der Waals surface area contributed by atoms with Crippen molar-refractivity contribution < 1.29 is 23.8 Å². The first-order valence-electron chi connectivity index (χ1n) is 7.75. The van der Waals surface area contributed by atoms with Gasteiger partial charge in [0.05, 0.1) is 6.61 Å². The van der Waals surface area contributed by atoms with E-state index < -0.39 is 12.4 Å². The van der Waals surface area contributed by atoms with Crippen molar-refractivity contribution in [1.29, 1.82) is 0 Å². The number of carbonyl (C=O) groups excluding carboxylic acids is 2. The van der Waals surface area contributed by atoms with E-state index in [2.05, 4.69) is 29.0 Å². The lowest BCUT2D eigenvalue weighted by Gasteiger charge is -2.14. The van der Waals surface area contributed by atoms with Crippen molar-refractivity contribution >= 4 is 12.6 Å². The zero-order valence-electron chi connectivity index (χ0n) is 13.2. The number of benzene rings is 2. The maximum Gasteiger partial charge on any atom is 0.511 e. The topological polar surface area (TPSA) is 61.8 Å². The van der Waals surface area contributed by atoms with Crippen molar-refractivity contribution in [1.82, 2.24) is 0 Å². The molecule has 1 atom stereocenters. The van der Waals surface area contributed by atoms with Gasteiger partial charge in [-0.2, -0.15) is 0 Å². The lowest BCUT2D eigenvalue weighted by Crippen LogP contribution is -2.19. The van der Waals surface area contributed by atoms with Gasteiger partial charge < -0.3 is 14.2 Å². The average Bonchev–Trinajstić information content (AvgIpc) is 2.90. The van der Waals surface area contributed by atoms with Crippen molar-refractivity contribution in [2.75, 3.05) is 6.61 Å². The number of carbonyl (C=O) groups is 1. The molecule has 0 aliphatic heterocycles. The summed E-state index contributed by atoms with van der Waals surface area (Å²) < 4.78 is 14.2. The van der Waals surface area contributed by atoms with Gasteiger partial charge in [0, 0.05) is 12.8 Å². The van der Waals surface area contributed by atoms with Gasteiger partial charge in [-0.15, -0.1) is 0 Å². The van der Waals surface area contributed by atoms with Gasteiger partial charge in [0.25, 0.3) is 0 Å². The summed E-state index contributed by atoms with van der Waals surface area (Å²) in [5.41, 5.74) is 4.93. The van der Waals surface area contributed by atoms with E-state index in [0.717, 1.165) is 0 Å². The van der Waals surface area contributed by atoms with Gasteiger partial charge in [-0.1, -0.05) is 48.5 Å². The van der Waals surface area contributed by atoms with Crippen LogP contribution in [0.2, 0.25) is 0 Å². The molecule has 0 bridgehead atoms.